The standard InChI is InChI=1S/C15H11N5O4S/c21-13(17-11-3-1-2-4-12(11)20(22)23)9-25-15-19-18-14(24-15)10-5-7-16-8-6-10/h1-8H,9H2,(H,17,21). The van der Waals surface area contributed by atoms with E-state index in [-0.39, 0.29) is 22.4 Å². The number of carbonyl (C=O) groups excluding carboxylic acids is 1. The average Bonchev–Trinajstić information content (AvgIpc) is 3.10. The summed E-state index contributed by atoms with van der Waals surface area (Å²) >= 11 is 1.04. The van der Waals surface area contributed by atoms with Crippen LogP contribution in [-0.4, -0.2) is 31.8 Å². The van der Waals surface area contributed by atoms with Crippen LogP contribution in [0.1, 0.15) is 0 Å². The lowest BCUT2D eigenvalue weighted by Gasteiger charge is -2.04. The third kappa shape index (κ3) is 4.18. The highest BCUT2D eigenvalue weighted by Gasteiger charge is 2.16. The summed E-state index contributed by atoms with van der Waals surface area (Å²) in [5.41, 5.74) is 0.693. The van der Waals surface area contributed by atoms with Gasteiger partial charge in [-0.25, -0.2) is 0 Å². The van der Waals surface area contributed by atoms with Crippen molar-refractivity contribution in [1.82, 2.24) is 15.2 Å². The van der Waals surface area contributed by atoms with E-state index in [0.29, 0.717) is 5.89 Å². The van der Waals surface area contributed by atoms with Crippen molar-refractivity contribution in [3.05, 3.63) is 58.9 Å². The van der Waals surface area contributed by atoms with E-state index in [1.165, 1.54) is 18.2 Å². The SMILES string of the molecule is O=C(CSc1nnc(-c2ccncc2)o1)Nc1ccccc1[N+](=O)[O-]. The van der Waals surface area contributed by atoms with Crippen molar-refractivity contribution < 1.29 is 14.1 Å². The highest BCUT2D eigenvalue weighted by molar-refractivity contribution is 7.99. The van der Waals surface area contributed by atoms with Crippen molar-refractivity contribution in [2.45, 2.75) is 5.22 Å². The Kier molecular flexibility index (Phi) is 5.00. The normalized spacial score (nSPS) is 10.4. The minimum atomic E-state index is -0.554. The first-order chi connectivity index (χ1) is 12.1. The molecule has 0 unspecified atom stereocenters. The fourth-order valence-corrected chi connectivity index (χ4v) is 2.49. The molecule has 126 valence electrons. The summed E-state index contributed by atoms with van der Waals surface area (Å²) in [6.45, 7) is 0. The molecule has 0 aliphatic heterocycles. The molecule has 25 heavy (non-hydrogen) atoms. The summed E-state index contributed by atoms with van der Waals surface area (Å²) in [7, 11) is 0. The van der Waals surface area contributed by atoms with E-state index >= 15 is 0 Å². The first-order valence-corrected chi connectivity index (χ1v) is 8.02. The van der Waals surface area contributed by atoms with E-state index < -0.39 is 10.8 Å². The number of benzene rings is 1. The molecule has 0 fully saturated rings. The molecule has 0 radical (unpaired) electrons. The number of para-hydroxylation sites is 2. The summed E-state index contributed by atoms with van der Waals surface area (Å²) in [4.78, 5) is 26.3. The Balaban J connectivity index is 1.60. The Morgan fingerprint density at radius 1 is 1.20 bits per heavy atom. The molecule has 1 amide bonds. The molecule has 0 aliphatic rings. The van der Waals surface area contributed by atoms with Gasteiger partial charge in [0.1, 0.15) is 5.69 Å². The largest absolute Gasteiger partial charge is 0.411 e. The Labute approximate surface area is 145 Å². The lowest BCUT2D eigenvalue weighted by molar-refractivity contribution is -0.383. The van der Waals surface area contributed by atoms with Crippen molar-refractivity contribution in [3.8, 4) is 11.5 Å². The fourth-order valence-electron chi connectivity index (χ4n) is 1.93. The number of aromatic nitrogens is 3. The van der Waals surface area contributed by atoms with E-state index in [1.54, 1.807) is 30.6 Å². The number of anilines is 1. The van der Waals surface area contributed by atoms with Crippen LogP contribution in [0, 0.1) is 10.1 Å². The van der Waals surface area contributed by atoms with Gasteiger partial charge in [-0.2, -0.15) is 0 Å². The molecule has 3 rings (SSSR count). The van der Waals surface area contributed by atoms with E-state index in [9.17, 15) is 14.9 Å². The van der Waals surface area contributed by atoms with Gasteiger partial charge in [-0.3, -0.25) is 19.9 Å². The number of hydrogen-bond donors (Lipinski definition) is 1. The number of nitrogens with one attached hydrogen (secondary N) is 1. The molecule has 2 aromatic heterocycles. The molecule has 1 N–H and O–H groups in total. The second-order valence-corrected chi connectivity index (χ2v) is 5.65. The molecule has 0 bridgehead atoms. The van der Waals surface area contributed by atoms with Gasteiger partial charge in [-0.1, -0.05) is 23.9 Å². The van der Waals surface area contributed by atoms with Crippen LogP contribution in [0.2, 0.25) is 0 Å². The number of nitro benzene ring substituents is 1. The Hall–Kier alpha value is -3.27. The molecular weight excluding hydrogens is 346 g/mol. The van der Waals surface area contributed by atoms with Crippen molar-refractivity contribution in [2.24, 2.45) is 0 Å². The molecule has 0 saturated heterocycles. The molecule has 0 saturated carbocycles. The van der Waals surface area contributed by atoms with Crippen LogP contribution in [-0.2, 0) is 4.79 Å². The maximum absolute atomic E-state index is 12.0. The molecule has 10 heteroatoms. The Morgan fingerprint density at radius 2 is 1.96 bits per heavy atom. The second kappa shape index (κ2) is 7.53. The van der Waals surface area contributed by atoms with Gasteiger partial charge in [0, 0.05) is 24.0 Å². The van der Waals surface area contributed by atoms with Crippen LogP contribution in [0.3, 0.4) is 0 Å². The van der Waals surface area contributed by atoms with Gasteiger partial charge in [-0.15, -0.1) is 10.2 Å². The first-order valence-electron chi connectivity index (χ1n) is 7.03. The van der Waals surface area contributed by atoms with Crippen LogP contribution < -0.4 is 5.32 Å². The van der Waals surface area contributed by atoms with Gasteiger partial charge in [0.05, 0.1) is 10.7 Å². The van der Waals surface area contributed by atoms with Gasteiger partial charge in [-0.05, 0) is 18.2 Å². The van der Waals surface area contributed by atoms with E-state index in [0.717, 1.165) is 17.3 Å². The minimum absolute atomic E-state index is 0.0238. The van der Waals surface area contributed by atoms with E-state index in [2.05, 4.69) is 20.5 Å². The number of amides is 1. The number of nitro groups is 1. The molecule has 0 spiro atoms. The number of hydrogen-bond acceptors (Lipinski definition) is 8. The zero-order chi connectivity index (χ0) is 17.6. The summed E-state index contributed by atoms with van der Waals surface area (Å²) in [6.07, 6.45) is 3.21. The monoisotopic (exact) mass is 357 g/mol. The van der Waals surface area contributed by atoms with Crippen molar-refractivity contribution in [3.63, 3.8) is 0 Å². The van der Waals surface area contributed by atoms with Crippen LogP contribution >= 0.6 is 11.8 Å². The zero-order valence-electron chi connectivity index (χ0n) is 12.7. The maximum atomic E-state index is 12.0. The molecule has 0 atom stereocenters. The Bertz CT molecular complexity index is 900. The summed E-state index contributed by atoms with van der Waals surface area (Å²) < 4.78 is 5.46. The molecule has 3 aromatic rings. The summed E-state index contributed by atoms with van der Waals surface area (Å²) in [5, 5.41) is 21.4. The third-order valence-electron chi connectivity index (χ3n) is 3.04. The quantitative estimate of drug-likeness (QED) is 0.406. The maximum Gasteiger partial charge on any atom is 0.292 e. The number of carbonyl (C=O) groups is 1. The average molecular weight is 357 g/mol. The number of thioether (sulfide) groups is 1. The minimum Gasteiger partial charge on any atom is -0.411 e. The Morgan fingerprint density at radius 3 is 2.72 bits per heavy atom. The molecule has 1 aromatic carbocycles. The van der Waals surface area contributed by atoms with Crippen LogP contribution in [0.5, 0.6) is 0 Å². The van der Waals surface area contributed by atoms with Gasteiger partial charge in [0.25, 0.3) is 10.9 Å². The highest BCUT2D eigenvalue weighted by Crippen LogP contribution is 2.25. The summed E-state index contributed by atoms with van der Waals surface area (Å²) in [5.74, 6) is -0.115. The number of rotatable bonds is 6. The smallest absolute Gasteiger partial charge is 0.292 e. The van der Waals surface area contributed by atoms with Crippen LogP contribution in [0.4, 0.5) is 11.4 Å². The predicted octanol–water partition coefficient (Wildman–Crippen LogP) is 2.77. The molecule has 9 nitrogen and oxygen atoms in total. The van der Waals surface area contributed by atoms with Gasteiger partial charge in [0.15, 0.2) is 0 Å². The molecule has 2 heterocycles. The van der Waals surface area contributed by atoms with Gasteiger partial charge in [0.2, 0.25) is 11.8 Å². The molecular formula is C15H11N5O4S. The topological polar surface area (TPSA) is 124 Å². The van der Waals surface area contributed by atoms with Gasteiger partial charge >= 0.3 is 0 Å². The summed E-state index contributed by atoms with van der Waals surface area (Å²) in [6, 6.07) is 9.37. The van der Waals surface area contributed by atoms with Crippen LogP contribution in [0.25, 0.3) is 11.5 Å². The van der Waals surface area contributed by atoms with E-state index in [1.807, 2.05) is 0 Å². The van der Waals surface area contributed by atoms with Crippen LogP contribution in [0.15, 0.2) is 58.4 Å². The first kappa shape index (κ1) is 16.6. The highest BCUT2D eigenvalue weighted by atomic mass is 32.2. The lowest BCUT2D eigenvalue weighted by Crippen LogP contribution is -2.15. The lowest BCUT2D eigenvalue weighted by atomic mass is 10.2. The van der Waals surface area contributed by atoms with Crippen molar-refractivity contribution >= 4 is 29.0 Å². The predicted molar refractivity (Wildman–Crippen MR) is 90.0 cm³/mol. The number of pyridine rings is 1. The zero-order valence-corrected chi connectivity index (χ0v) is 13.5. The van der Waals surface area contributed by atoms with Crippen molar-refractivity contribution in [1.29, 1.82) is 0 Å². The fraction of sp³-hybridized carbons (Fsp3) is 0.0667. The van der Waals surface area contributed by atoms with E-state index in [4.69, 9.17) is 4.42 Å². The van der Waals surface area contributed by atoms with Crippen molar-refractivity contribution in [2.75, 3.05) is 11.1 Å². The second-order valence-electron chi connectivity index (χ2n) is 4.72. The molecule has 0 aliphatic carbocycles. The van der Waals surface area contributed by atoms with Gasteiger partial charge < -0.3 is 9.73 Å². The third-order valence-corrected chi connectivity index (χ3v) is 3.85. The number of nitrogens with zero attached hydrogens (tertiary/aromatic N) is 4.